The van der Waals surface area contributed by atoms with Gasteiger partial charge in [0, 0.05) is 25.2 Å². The third-order valence-electron chi connectivity index (χ3n) is 1.46. The van der Waals surface area contributed by atoms with Crippen LogP contribution in [-0.4, -0.2) is 31.3 Å². The lowest BCUT2D eigenvalue weighted by atomic mass is 10.5. The molecule has 0 rings (SSSR count). The van der Waals surface area contributed by atoms with Gasteiger partial charge in [-0.1, -0.05) is 18.7 Å². The molecule has 0 saturated carbocycles. The summed E-state index contributed by atoms with van der Waals surface area (Å²) >= 11 is 0. The van der Waals surface area contributed by atoms with E-state index in [1.165, 1.54) is 6.08 Å². The molecule has 0 aliphatic carbocycles. The summed E-state index contributed by atoms with van der Waals surface area (Å²) in [6, 6.07) is 0. The summed E-state index contributed by atoms with van der Waals surface area (Å²) < 4.78 is 0. The van der Waals surface area contributed by atoms with E-state index < -0.39 is 5.91 Å². The number of rotatable bonds is 7. The Bertz CT molecular complexity index is 237. The first-order valence-corrected chi connectivity index (χ1v) is 4.24. The Hall–Kier alpha value is -1.38. The Balaban J connectivity index is 4.43. The molecule has 0 spiro atoms. The van der Waals surface area contributed by atoms with Crippen LogP contribution in [0.5, 0.6) is 0 Å². The number of hydroxylamine groups is 2. The second-order valence-corrected chi connectivity index (χ2v) is 2.63. The van der Waals surface area contributed by atoms with Gasteiger partial charge in [0.2, 0.25) is 0 Å². The number of hydrogen-bond donors (Lipinski definition) is 0. The van der Waals surface area contributed by atoms with Crippen molar-refractivity contribution in [3.05, 3.63) is 17.5 Å². The summed E-state index contributed by atoms with van der Waals surface area (Å²) in [5.41, 5.74) is 0. The van der Waals surface area contributed by atoms with Gasteiger partial charge in [-0.25, -0.2) is 0 Å². The Morgan fingerprint density at radius 1 is 1.71 bits per heavy atom. The van der Waals surface area contributed by atoms with Crippen molar-refractivity contribution in [3.63, 3.8) is 0 Å². The fourth-order valence-corrected chi connectivity index (χ4v) is 0.867. The van der Waals surface area contributed by atoms with Gasteiger partial charge < -0.3 is 0 Å². The molecule has 1 atom stereocenters. The predicted molar refractivity (Wildman–Crippen MR) is 55.9 cm³/mol. The highest BCUT2D eigenvalue weighted by Crippen LogP contribution is 2.18. The SMILES string of the molecule is C#[N+]C(C=C)(ON=C)ON(C)CCC. The zero-order chi connectivity index (χ0) is 11.0. The average Bonchev–Trinajstić information content (AvgIpc) is 2.17. The fraction of sp³-hybridized carbons (Fsp3) is 0.556. The van der Waals surface area contributed by atoms with Crippen molar-refractivity contribution in [3.8, 4) is 6.57 Å². The highest BCUT2D eigenvalue weighted by atomic mass is 16.9. The van der Waals surface area contributed by atoms with Gasteiger partial charge in [-0.3, -0.25) is 4.84 Å². The molecular weight excluding hydrogens is 182 g/mol. The van der Waals surface area contributed by atoms with E-state index in [0.717, 1.165) is 6.42 Å². The first-order chi connectivity index (χ1) is 6.64. The van der Waals surface area contributed by atoms with E-state index in [9.17, 15) is 0 Å². The summed E-state index contributed by atoms with van der Waals surface area (Å²) in [6.07, 6.45) is 2.23. The molecule has 78 valence electrons. The zero-order valence-corrected chi connectivity index (χ0v) is 8.64. The van der Waals surface area contributed by atoms with E-state index >= 15 is 0 Å². The predicted octanol–water partition coefficient (Wildman–Crippen LogP) is 1.69. The van der Waals surface area contributed by atoms with Crippen molar-refractivity contribution in [2.24, 2.45) is 5.16 Å². The van der Waals surface area contributed by atoms with Crippen LogP contribution in [0.15, 0.2) is 17.8 Å². The molecule has 0 aliphatic heterocycles. The average molecular weight is 198 g/mol. The molecule has 1 unspecified atom stereocenters. The maximum absolute atomic E-state index is 5.28. The first-order valence-electron chi connectivity index (χ1n) is 4.24. The van der Waals surface area contributed by atoms with Crippen molar-refractivity contribution in [1.29, 1.82) is 0 Å². The molecule has 0 aliphatic rings. The van der Waals surface area contributed by atoms with Crippen LogP contribution in [-0.2, 0) is 9.68 Å². The summed E-state index contributed by atoms with van der Waals surface area (Å²) in [4.78, 5) is 13.5. The van der Waals surface area contributed by atoms with E-state index in [2.05, 4.69) is 23.3 Å². The quantitative estimate of drug-likeness (QED) is 0.270. The molecule has 0 radical (unpaired) electrons. The van der Waals surface area contributed by atoms with Crippen LogP contribution in [0.2, 0.25) is 0 Å². The third kappa shape index (κ3) is 3.56. The van der Waals surface area contributed by atoms with Gasteiger partial charge in [0.1, 0.15) is 0 Å². The van der Waals surface area contributed by atoms with E-state index in [1.807, 2.05) is 6.92 Å². The molecule has 14 heavy (non-hydrogen) atoms. The topological polar surface area (TPSA) is 38.4 Å². The highest BCUT2D eigenvalue weighted by Gasteiger charge is 2.44. The number of nitrogens with zero attached hydrogens (tertiary/aromatic N) is 3. The smallest absolute Gasteiger partial charge is 0.280 e. The Morgan fingerprint density at radius 2 is 2.36 bits per heavy atom. The fourth-order valence-electron chi connectivity index (χ4n) is 0.867. The lowest BCUT2D eigenvalue weighted by Crippen LogP contribution is -2.36. The van der Waals surface area contributed by atoms with Crippen molar-refractivity contribution < 1.29 is 9.68 Å². The molecule has 0 aromatic carbocycles. The minimum absolute atomic E-state index is 0.714. The van der Waals surface area contributed by atoms with Gasteiger partial charge in [0.25, 0.3) is 6.57 Å². The lowest BCUT2D eigenvalue weighted by molar-refractivity contribution is -0.294. The molecule has 0 aromatic rings. The molecule has 0 saturated heterocycles. The van der Waals surface area contributed by atoms with Crippen molar-refractivity contribution in [2.45, 2.75) is 19.3 Å². The normalized spacial score (nSPS) is 14.1. The van der Waals surface area contributed by atoms with Gasteiger partial charge in [-0.15, -0.1) is 0 Å². The molecule has 0 amide bonds. The summed E-state index contributed by atoms with van der Waals surface area (Å²) in [7, 11) is 1.74. The van der Waals surface area contributed by atoms with Gasteiger partial charge >= 0.3 is 5.91 Å². The zero-order valence-electron chi connectivity index (χ0n) is 8.64. The van der Waals surface area contributed by atoms with Crippen LogP contribution in [0, 0.1) is 6.57 Å². The second-order valence-electron chi connectivity index (χ2n) is 2.63. The third-order valence-corrected chi connectivity index (χ3v) is 1.46. The standard InChI is InChI=1S/C9H16N3O2/c1-6-8-12(5)14-9(7-2,10-3)13-11-4/h3,7H,2,4,6,8H2,1,5H3/q+1. The van der Waals surface area contributed by atoms with E-state index in [1.54, 1.807) is 12.1 Å². The number of hydrogen-bond acceptors (Lipinski definition) is 4. The van der Waals surface area contributed by atoms with Crippen LogP contribution in [0.1, 0.15) is 13.3 Å². The summed E-state index contributed by atoms with van der Waals surface area (Å²) in [5, 5.41) is 4.76. The maximum atomic E-state index is 5.28. The molecule has 0 aromatic heterocycles. The minimum atomic E-state index is -1.48. The summed E-state index contributed by atoms with van der Waals surface area (Å²) in [5.74, 6) is -1.48. The molecule has 5 nitrogen and oxygen atoms in total. The van der Waals surface area contributed by atoms with E-state index in [4.69, 9.17) is 16.2 Å². The molecular formula is C9H16N3O2+. The van der Waals surface area contributed by atoms with Crippen LogP contribution in [0.4, 0.5) is 0 Å². The van der Waals surface area contributed by atoms with E-state index in [-0.39, 0.29) is 0 Å². The lowest BCUT2D eigenvalue weighted by Gasteiger charge is -2.18. The maximum Gasteiger partial charge on any atom is 0.599 e. The highest BCUT2D eigenvalue weighted by molar-refractivity contribution is 5.21. The molecule has 5 heteroatoms. The minimum Gasteiger partial charge on any atom is -0.280 e. The van der Waals surface area contributed by atoms with Crippen LogP contribution >= 0.6 is 0 Å². The summed E-state index contributed by atoms with van der Waals surface area (Å²) in [6.45, 7) is 14.5. The van der Waals surface area contributed by atoms with Crippen molar-refractivity contribution >= 4 is 6.72 Å². The molecule has 0 fully saturated rings. The van der Waals surface area contributed by atoms with Gasteiger partial charge in [-0.05, 0) is 6.42 Å². The molecule has 0 heterocycles. The van der Waals surface area contributed by atoms with Gasteiger partial charge in [-0.2, -0.15) is 9.90 Å². The second kappa shape index (κ2) is 6.13. The largest absolute Gasteiger partial charge is 0.599 e. The Labute approximate surface area is 84.4 Å². The molecule has 0 bridgehead atoms. The van der Waals surface area contributed by atoms with Crippen molar-refractivity contribution in [2.75, 3.05) is 13.6 Å². The monoisotopic (exact) mass is 198 g/mol. The van der Waals surface area contributed by atoms with Crippen LogP contribution < -0.4 is 0 Å². The Kier molecular flexibility index (Phi) is 5.53. The Morgan fingerprint density at radius 3 is 2.71 bits per heavy atom. The van der Waals surface area contributed by atoms with E-state index in [0.29, 0.717) is 6.54 Å². The van der Waals surface area contributed by atoms with Gasteiger partial charge in [0.15, 0.2) is 0 Å². The molecule has 0 N–H and O–H groups in total. The number of oxime groups is 1. The van der Waals surface area contributed by atoms with Crippen molar-refractivity contribution in [1.82, 2.24) is 5.06 Å². The first kappa shape index (κ1) is 12.6. The van der Waals surface area contributed by atoms with Gasteiger partial charge in [0.05, 0.1) is 6.08 Å². The van der Waals surface area contributed by atoms with Crippen LogP contribution in [0.25, 0.3) is 4.85 Å². The van der Waals surface area contributed by atoms with Crippen LogP contribution in [0.3, 0.4) is 0 Å².